The van der Waals surface area contributed by atoms with Crippen LogP contribution in [0.25, 0.3) is 20.3 Å². The minimum absolute atomic E-state index is 0.111. The molecule has 3 aromatic rings. The molecule has 1 aromatic carbocycles. The number of rotatable bonds is 0. The summed E-state index contributed by atoms with van der Waals surface area (Å²) in [5.74, 6) is 0.922. The van der Waals surface area contributed by atoms with Gasteiger partial charge in [-0.3, -0.25) is 9.36 Å². The van der Waals surface area contributed by atoms with Crippen molar-refractivity contribution >= 4 is 37.3 Å². The van der Waals surface area contributed by atoms with E-state index in [1.807, 2.05) is 22.8 Å². The third-order valence-corrected chi connectivity index (χ3v) is 4.86. The van der Waals surface area contributed by atoms with Gasteiger partial charge in [0.05, 0.1) is 5.52 Å². The predicted molar refractivity (Wildman–Crippen MR) is 78.7 cm³/mol. The van der Waals surface area contributed by atoms with Gasteiger partial charge in [-0.1, -0.05) is 0 Å². The number of anilines is 1. The summed E-state index contributed by atoms with van der Waals surface area (Å²) >= 11 is 1.52. The zero-order chi connectivity index (χ0) is 13.0. The van der Waals surface area contributed by atoms with Gasteiger partial charge in [-0.25, -0.2) is 4.98 Å². The smallest absolute Gasteiger partial charge is 0.271 e. The normalized spacial score (nSPS) is 14.9. The summed E-state index contributed by atoms with van der Waals surface area (Å²) < 4.78 is 3.67. The number of aryl methyl sites for hydroxylation is 1. The molecule has 0 radical (unpaired) electrons. The van der Waals surface area contributed by atoms with E-state index in [2.05, 4.69) is 0 Å². The van der Waals surface area contributed by atoms with Gasteiger partial charge in [-0.15, -0.1) is 11.3 Å². The van der Waals surface area contributed by atoms with Gasteiger partial charge in [0.2, 0.25) is 0 Å². The first-order valence-corrected chi connectivity index (χ1v) is 7.27. The van der Waals surface area contributed by atoms with Gasteiger partial charge in [0.15, 0.2) is 0 Å². The Kier molecular flexibility index (Phi) is 2.20. The molecule has 4 rings (SSSR count). The zero-order valence-electron chi connectivity index (χ0n) is 10.3. The molecule has 5 heteroatoms. The van der Waals surface area contributed by atoms with Gasteiger partial charge in [0.25, 0.3) is 5.56 Å². The maximum absolute atomic E-state index is 12.5. The summed E-state index contributed by atoms with van der Waals surface area (Å²) in [5.41, 5.74) is 7.49. The second-order valence-corrected chi connectivity index (χ2v) is 6.03. The molecule has 0 saturated heterocycles. The number of hydrogen-bond acceptors (Lipinski definition) is 4. The van der Waals surface area contributed by atoms with Crippen molar-refractivity contribution in [2.24, 2.45) is 0 Å². The molecule has 2 aromatic heterocycles. The van der Waals surface area contributed by atoms with Crippen LogP contribution >= 0.6 is 11.3 Å². The Balaban J connectivity index is 2.19. The molecular weight excluding hydrogens is 258 g/mol. The van der Waals surface area contributed by atoms with Gasteiger partial charge < -0.3 is 5.73 Å². The molecule has 0 atom stereocenters. The molecule has 4 nitrogen and oxygen atoms in total. The van der Waals surface area contributed by atoms with E-state index in [4.69, 9.17) is 10.7 Å². The lowest BCUT2D eigenvalue weighted by Crippen LogP contribution is -2.27. The monoisotopic (exact) mass is 271 g/mol. The van der Waals surface area contributed by atoms with Crippen LogP contribution in [-0.4, -0.2) is 9.55 Å². The van der Waals surface area contributed by atoms with Crippen LogP contribution in [0.3, 0.4) is 0 Å². The fourth-order valence-corrected chi connectivity index (χ4v) is 3.83. The summed E-state index contributed by atoms with van der Waals surface area (Å²) in [5, 5.41) is 1.01. The highest BCUT2D eigenvalue weighted by molar-refractivity contribution is 7.25. The second-order valence-electron chi connectivity index (χ2n) is 4.98. The van der Waals surface area contributed by atoms with Crippen molar-refractivity contribution in [1.82, 2.24) is 9.55 Å². The van der Waals surface area contributed by atoms with Crippen LogP contribution in [-0.2, 0) is 13.0 Å². The molecule has 0 bridgehead atoms. The first-order chi connectivity index (χ1) is 9.24. The topological polar surface area (TPSA) is 60.9 Å². The molecule has 0 spiro atoms. The summed E-state index contributed by atoms with van der Waals surface area (Å²) in [4.78, 5) is 17.3. The molecule has 2 N–H and O–H groups in total. The maximum Gasteiger partial charge on any atom is 0.271 e. The quantitative estimate of drug-likeness (QED) is 0.639. The fraction of sp³-hybridized carbons (Fsp3) is 0.286. The fourth-order valence-electron chi connectivity index (χ4n) is 2.76. The number of nitrogens with zero attached hydrogens (tertiary/aromatic N) is 2. The number of fused-ring (bicyclic) bond motifs is 4. The Morgan fingerprint density at radius 1 is 1.32 bits per heavy atom. The van der Waals surface area contributed by atoms with Crippen molar-refractivity contribution < 1.29 is 0 Å². The van der Waals surface area contributed by atoms with Gasteiger partial charge in [-0.2, -0.15) is 0 Å². The molecule has 1 aliphatic rings. The summed E-state index contributed by atoms with van der Waals surface area (Å²) in [6.45, 7) is 0.799. The van der Waals surface area contributed by atoms with Crippen molar-refractivity contribution in [2.45, 2.75) is 25.8 Å². The van der Waals surface area contributed by atoms with Crippen molar-refractivity contribution in [1.29, 1.82) is 0 Å². The highest BCUT2D eigenvalue weighted by atomic mass is 32.1. The SMILES string of the molecule is Nc1ccc2sc3c(=O)n4c(nc3c2c1)CCCC4. The van der Waals surface area contributed by atoms with E-state index >= 15 is 0 Å². The maximum atomic E-state index is 12.5. The average molecular weight is 271 g/mol. The lowest BCUT2D eigenvalue weighted by molar-refractivity contribution is 0.501. The van der Waals surface area contributed by atoms with Gasteiger partial charge in [0, 0.05) is 28.7 Å². The molecule has 0 saturated carbocycles. The van der Waals surface area contributed by atoms with E-state index in [9.17, 15) is 4.79 Å². The Hall–Kier alpha value is -1.88. The second kappa shape index (κ2) is 3.81. The van der Waals surface area contributed by atoms with E-state index < -0.39 is 0 Å². The summed E-state index contributed by atoms with van der Waals surface area (Å²) in [6, 6.07) is 5.76. The van der Waals surface area contributed by atoms with Crippen LogP contribution < -0.4 is 11.3 Å². The van der Waals surface area contributed by atoms with Crippen molar-refractivity contribution in [3.63, 3.8) is 0 Å². The minimum Gasteiger partial charge on any atom is -0.399 e. The van der Waals surface area contributed by atoms with Crippen LogP contribution in [0.5, 0.6) is 0 Å². The minimum atomic E-state index is 0.111. The molecule has 3 heterocycles. The Labute approximate surface area is 113 Å². The van der Waals surface area contributed by atoms with E-state index in [0.717, 1.165) is 51.9 Å². The van der Waals surface area contributed by atoms with Gasteiger partial charge in [0.1, 0.15) is 10.5 Å². The molecule has 96 valence electrons. The van der Waals surface area contributed by atoms with Crippen LogP contribution in [0.2, 0.25) is 0 Å². The standard InChI is InChI=1S/C14H13N3OS/c15-8-4-5-10-9(7-8)12-13(19-10)14(18)17-6-2-1-3-11(17)16-12/h4-5,7H,1-3,6,15H2. The number of hydrogen-bond donors (Lipinski definition) is 1. The van der Waals surface area contributed by atoms with Crippen LogP contribution in [0.1, 0.15) is 18.7 Å². The average Bonchev–Trinajstić information content (AvgIpc) is 2.78. The molecule has 0 unspecified atom stereocenters. The van der Waals surface area contributed by atoms with E-state index in [-0.39, 0.29) is 5.56 Å². The van der Waals surface area contributed by atoms with E-state index in [1.54, 1.807) is 0 Å². The number of nitrogens with two attached hydrogens (primary N) is 1. The number of thiophene rings is 1. The number of aromatic nitrogens is 2. The van der Waals surface area contributed by atoms with Crippen molar-refractivity contribution in [3.8, 4) is 0 Å². The van der Waals surface area contributed by atoms with E-state index in [1.165, 1.54) is 11.3 Å². The molecular formula is C14H13N3OS. The Morgan fingerprint density at radius 2 is 2.21 bits per heavy atom. The summed E-state index contributed by atoms with van der Waals surface area (Å²) in [6.07, 6.45) is 3.07. The Bertz CT molecular complexity index is 862. The van der Waals surface area contributed by atoms with E-state index in [0.29, 0.717) is 5.69 Å². The highest BCUT2D eigenvalue weighted by Gasteiger charge is 2.17. The first kappa shape index (κ1) is 11.0. The van der Waals surface area contributed by atoms with Crippen molar-refractivity contribution in [2.75, 3.05) is 5.73 Å². The lowest BCUT2D eigenvalue weighted by Gasteiger charge is -2.16. The van der Waals surface area contributed by atoms with Gasteiger partial charge in [-0.05, 0) is 31.0 Å². The largest absolute Gasteiger partial charge is 0.399 e. The van der Waals surface area contributed by atoms with Crippen molar-refractivity contribution in [3.05, 3.63) is 34.4 Å². The molecule has 0 fully saturated rings. The van der Waals surface area contributed by atoms with Crippen LogP contribution in [0.15, 0.2) is 23.0 Å². The number of nitrogen functional groups attached to an aromatic ring is 1. The van der Waals surface area contributed by atoms with Crippen LogP contribution in [0.4, 0.5) is 5.69 Å². The first-order valence-electron chi connectivity index (χ1n) is 6.45. The van der Waals surface area contributed by atoms with Gasteiger partial charge >= 0.3 is 0 Å². The zero-order valence-corrected chi connectivity index (χ0v) is 11.2. The Morgan fingerprint density at radius 3 is 3.11 bits per heavy atom. The lowest BCUT2D eigenvalue weighted by atomic mass is 10.1. The van der Waals surface area contributed by atoms with Crippen LogP contribution in [0, 0.1) is 0 Å². The summed E-state index contributed by atoms with van der Waals surface area (Å²) in [7, 11) is 0. The molecule has 0 aliphatic carbocycles. The molecule has 1 aliphatic heterocycles. The third-order valence-electron chi connectivity index (χ3n) is 3.71. The molecule has 19 heavy (non-hydrogen) atoms. The third kappa shape index (κ3) is 1.51. The number of benzene rings is 1. The molecule has 0 amide bonds. The highest BCUT2D eigenvalue weighted by Crippen LogP contribution is 2.32. The predicted octanol–water partition coefficient (Wildman–Crippen LogP) is 2.53.